The molecule has 0 aliphatic heterocycles. The van der Waals surface area contributed by atoms with Crippen LogP contribution in [0.1, 0.15) is 38.8 Å². The number of ketones is 1. The quantitative estimate of drug-likeness (QED) is 0.563. The number of methoxy groups -OCH3 is 1. The fourth-order valence-electron chi connectivity index (χ4n) is 2.48. The molecular formula is C18H18O7. The molecule has 0 saturated heterocycles. The molecule has 0 radical (unpaired) electrons. The summed E-state index contributed by atoms with van der Waals surface area (Å²) >= 11 is 0. The van der Waals surface area contributed by atoms with Gasteiger partial charge in [-0.15, -0.1) is 0 Å². The average Bonchev–Trinajstić information content (AvgIpc) is 2.52. The molecule has 0 unspecified atom stereocenters. The Morgan fingerprint density at radius 2 is 1.60 bits per heavy atom. The van der Waals surface area contributed by atoms with Crippen molar-refractivity contribution in [2.24, 2.45) is 0 Å². The zero-order chi connectivity index (χ0) is 18.7. The summed E-state index contributed by atoms with van der Waals surface area (Å²) in [4.78, 5) is 25.0. The van der Waals surface area contributed by atoms with E-state index in [1.807, 2.05) is 0 Å². The van der Waals surface area contributed by atoms with E-state index in [9.17, 15) is 24.9 Å². The maximum absolute atomic E-state index is 13.0. The number of esters is 1. The highest BCUT2D eigenvalue weighted by atomic mass is 16.5. The molecule has 0 spiro atoms. The van der Waals surface area contributed by atoms with E-state index in [1.165, 1.54) is 18.2 Å². The van der Waals surface area contributed by atoms with Crippen molar-refractivity contribution >= 4 is 11.8 Å². The number of ether oxygens (including phenoxy) is 2. The van der Waals surface area contributed by atoms with Crippen molar-refractivity contribution < 1.29 is 34.4 Å². The van der Waals surface area contributed by atoms with Crippen LogP contribution in [0.3, 0.4) is 0 Å². The van der Waals surface area contributed by atoms with Gasteiger partial charge in [0.1, 0.15) is 28.6 Å². The van der Waals surface area contributed by atoms with E-state index in [2.05, 4.69) is 4.74 Å². The van der Waals surface area contributed by atoms with E-state index in [4.69, 9.17) is 4.74 Å². The SMILES string of the molecule is CCOc1cc(O)cc(C(=O)OC)c1C(=O)c1c(O)cc(C)cc1O. The number of benzene rings is 2. The molecular weight excluding hydrogens is 328 g/mol. The van der Waals surface area contributed by atoms with Gasteiger partial charge < -0.3 is 24.8 Å². The van der Waals surface area contributed by atoms with Gasteiger partial charge in [-0.05, 0) is 37.6 Å². The van der Waals surface area contributed by atoms with Gasteiger partial charge in [0.05, 0.1) is 24.8 Å². The molecule has 0 saturated carbocycles. The number of hydrogen-bond acceptors (Lipinski definition) is 7. The molecule has 2 aromatic rings. The summed E-state index contributed by atoms with van der Waals surface area (Å²) in [5.74, 6) is -2.93. The Hall–Kier alpha value is -3.22. The van der Waals surface area contributed by atoms with Gasteiger partial charge in [-0.25, -0.2) is 4.79 Å². The molecule has 2 aromatic carbocycles. The van der Waals surface area contributed by atoms with Gasteiger partial charge in [0.15, 0.2) is 0 Å². The minimum absolute atomic E-state index is 0.0627. The summed E-state index contributed by atoms with van der Waals surface area (Å²) in [6.45, 7) is 3.47. The second-order valence-electron chi connectivity index (χ2n) is 5.30. The standard InChI is InChI=1S/C18H18O7/c1-4-25-14-8-10(19)7-11(18(23)24-3)15(14)17(22)16-12(20)5-9(2)6-13(16)21/h5-8,19-21H,4H2,1-3H3. The third-order valence-corrected chi connectivity index (χ3v) is 3.49. The number of aryl methyl sites for hydroxylation is 1. The zero-order valence-corrected chi connectivity index (χ0v) is 14.0. The van der Waals surface area contributed by atoms with Gasteiger partial charge in [-0.2, -0.15) is 0 Å². The minimum Gasteiger partial charge on any atom is -0.508 e. The van der Waals surface area contributed by atoms with Crippen molar-refractivity contribution in [1.82, 2.24) is 0 Å². The van der Waals surface area contributed by atoms with Crippen LogP contribution >= 0.6 is 0 Å². The van der Waals surface area contributed by atoms with Crippen molar-refractivity contribution in [3.8, 4) is 23.0 Å². The monoisotopic (exact) mass is 346 g/mol. The van der Waals surface area contributed by atoms with Crippen molar-refractivity contribution in [3.05, 3.63) is 46.5 Å². The summed E-state index contributed by atoms with van der Waals surface area (Å²) in [5, 5.41) is 29.9. The number of carbonyl (C=O) groups excluding carboxylic acids is 2. The molecule has 0 heterocycles. The maximum atomic E-state index is 13.0. The average molecular weight is 346 g/mol. The van der Waals surface area contributed by atoms with Crippen LogP contribution in [0.25, 0.3) is 0 Å². The number of phenols is 3. The lowest BCUT2D eigenvalue weighted by atomic mass is 9.95. The van der Waals surface area contributed by atoms with Crippen LogP contribution < -0.4 is 4.74 Å². The van der Waals surface area contributed by atoms with Crippen LogP contribution in [0, 0.1) is 6.92 Å². The first-order valence-corrected chi connectivity index (χ1v) is 7.45. The van der Waals surface area contributed by atoms with Crippen LogP contribution in [-0.4, -0.2) is 40.8 Å². The number of rotatable bonds is 5. The molecule has 25 heavy (non-hydrogen) atoms. The second kappa shape index (κ2) is 7.12. The molecule has 0 bridgehead atoms. The molecule has 132 valence electrons. The maximum Gasteiger partial charge on any atom is 0.338 e. The molecule has 0 fully saturated rings. The van der Waals surface area contributed by atoms with Crippen LogP contribution in [0.2, 0.25) is 0 Å². The molecule has 0 aliphatic carbocycles. The highest BCUT2D eigenvalue weighted by Crippen LogP contribution is 2.36. The van der Waals surface area contributed by atoms with Gasteiger partial charge in [0.2, 0.25) is 5.78 Å². The number of hydrogen-bond donors (Lipinski definition) is 3. The number of aromatic hydroxyl groups is 3. The summed E-state index contributed by atoms with van der Waals surface area (Å²) in [7, 11) is 1.13. The van der Waals surface area contributed by atoms with Crippen LogP contribution in [-0.2, 0) is 4.74 Å². The van der Waals surface area contributed by atoms with Gasteiger partial charge in [-0.1, -0.05) is 0 Å². The van der Waals surface area contributed by atoms with Crippen LogP contribution in [0.15, 0.2) is 24.3 Å². The number of carbonyl (C=O) groups is 2. The molecule has 2 rings (SSSR count). The lowest BCUT2D eigenvalue weighted by Gasteiger charge is -2.15. The minimum atomic E-state index is -0.869. The van der Waals surface area contributed by atoms with E-state index in [-0.39, 0.29) is 34.8 Å². The first kappa shape index (κ1) is 18.1. The molecule has 7 nitrogen and oxygen atoms in total. The van der Waals surface area contributed by atoms with Crippen molar-refractivity contribution in [2.75, 3.05) is 13.7 Å². The first-order chi connectivity index (χ1) is 11.8. The summed E-state index contributed by atoms with van der Waals surface area (Å²) in [6, 6.07) is 4.85. The van der Waals surface area contributed by atoms with Crippen molar-refractivity contribution in [3.63, 3.8) is 0 Å². The Balaban J connectivity index is 2.76. The predicted octanol–water partition coefficient (Wildman–Crippen LogP) is 2.53. The van der Waals surface area contributed by atoms with Gasteiger partial charge in [0, 0.05) is 6.07 Å². The van der Waals surface area contributed by atoms with E-state index in [1.54, 1.807) is 13.8 Å². The summed E-state index contributed by atoms with van der Waals surface area (Å²) in [6.07, 6.45) is 0. The second-order valence-corrected chi connectivity index (χ2v) is 5.30. The van der Waals surface area contributed by atoms with Crippen LogP contribution in [0.5, 0.6) is 23.0 Å². The van der Waals surface area contributed by atoms with E-state index < -0.39 is 23.3 Å². The molecule has 3 N–H and O–H groups in total. The zero-order valence-electron chi connectivity index (χ0n) is 14.0. The van der Waals surface area contributed by atoms with Crippen molar-refractivity contribution in [2.45, 2.75) is 13.8 Å². The first-order valence-electron chi connectivity index (χ1n) is 7.45. The smallest absolute Gasteiger partial charge is 0.338 e. The van der Waals surface area contributed by atoms with Gasteiger partial charge in [0.25, 0.3) is 0 Å². The van der Waals surface area contributed by atoms with Gasteiger partial charge >= 0.3 is 5.97 Å². The van der Waals surface area contributed by atoms with E-state index in [0.29, 0.717) is 5.56 Å². The predicted molar refractivity (Wildman–Crippen MR) is 88.6 cm³/mol. The summed E-state index contributed by atoms with van der Waals surface area (Å²) in [5.41, 5.74) is -0.283. The van der Waals surface area contributed by atoms with Gasteiger partial charge in [-0.3, -0.25) is 4.79 Å². The normalized spacial score (nSPS) is 10.4. The number of phenolic OH excluding ortho intramolecular Hbond substituents is 3. The molecule has 0 atom stereocenters. The Morgan fingerprint density at radius 3 is 2.12 bits per heavy atom. The Morgan fingerprint density at radius 1 is 1.00 bits per heavy atom. The topological polar surface area (TPSA) is 113 Å². The highest BCUT2D eigenvalue weighted by Gasteiger charge is 2.28. The molecule has 0 aromatic heterocycles. The largest absolute Gasteiger partial charge is 0.508 e. The summed E-state index contributed by atoms with van der Waals surface area (Å²) < 4.78 is 10.00. The Kier molecular flexibility index (Phi) is 5.17. The fraction of sp³-hybridized carbons (Fsp3) is 0.222. The Labute approximate surface area is 144 Å². The third-order valence-electron chi connectivity index (χ3n) is 3.49. The van der Waals surface area contributed by atoms with Crippen LogP contribution in [0.4, 0.5) is 0 Å². The Bertz CT molecular complexity index is 817. The lowest BCUT2D eigenvalue weighted by Crippen LogP contribution is -2.14. The van der Waals surface area contributed by atoms with E-state index in [0.717, 1.165) is 13.2 Å². The third kappa shape index (κ3) is 3.50. The van der Waals surface area contributed by atoms with E-state index >= 15 is 0 Å². The molecule has 7 heteroatoms. The fourth-order valence-corrected chi connectivity index (χ4v) is 2.48. The highest BCUT2D eigenvalue weighted by molar-refractivity contribution is 6.18. The van der Waals surface area contributed by atoms with Crippen molar-refractivity contribution in [1.29, 1.82) is 0 Å². The molecule has 0 amide bonds. The lowest BCUT2D eigenvalue weighted by molar-refractivity contribution is 0.0596. The molecule has 0 aliphatic rings.